The van der Waals surface area contributed by atoms with Gasteiger partial charge in [-0.15, -0.1) is 0 Å². The Morgan fingerprint density at radius 3 is 2.50 bits per heavy atom. The van der Waals surface area contributed by atoms with Crippen LogP contribution < -0.4 is 10.1 Å². The highest BCUT2D eigenvalue weighted by Gasteiger charge is 2.14. The Bertz CT molecular complexity index is 529. The number of hydrogen-bond acceptors (Lipinski definition) is 4. The van der Waals surface area contributed by atoms with Gasteiger partial charge in [-0.25, -0.2) is 0 Å². The first-order valence-corrected chi connectivity index (χ1v) is 8.30. The molecule has 6 nitrogen and oxygen atoms in total. The van der Waals surface area contributed by atoms with Crippen molar-refractivity contribution < 1.29 is 14.3 Å². The van der Waals surface area contributed by atoms with Gasteiger partial charge in [0.2, 0.25) is 0 Å². The smallest absolute Gasteiger partial charge is 0.310 e. The second-order valence-electron chi connectivity index (χ2n) is 5.55. The maximum atomic E-state index is 11.5. The number of methoxy groups -OCH3 is 1. The number of esters is 1. The lowest BCUT2D eigenvalue weighted by molar-refractivity contribution is -0.144. The van der Waals surface area contributed by atoms with Crippen LogP contribution in [0.5, 0.6) is 5.75 Å². The highest BCUT2D eigenvalue weighted by Crippen LogP contribution is 2.13. The van der Waals surface area contributed by atoms with E-state index in [2.05, 4.69) is 10.3 Å². The van der Waals surface area contributed by atoms with E-state index < -0.39 is 0 Å². The number of hydrogen-bond donors (Lipinski definition) is 1. The van der Waals surface area contributed by atoms with Gasteiger partial charge in [-0.05, 0) is 31.5 Å². The summed E-state index contributed by atoms with van der Waals surface area (Å²) in [6.07, 6.45) is 0. The van der Waals surface area contributed by atoms with E-state index in [1.54, 1.807) is 0 Å². The number of nitrogens with one attached hydrogen (secondary N) is 1. The number of nitrogens with zero attached hydrogens (tertiary/aromatic N) is 2. The van der Waals surface area contributed by atoms with Gasteiger partial charge < -0.3 is 19.7 Å². The summed E-state index contributed by atoms with van der Waals surface area (Å²) in [6, 6.07) is 8.02. The fraction of sp³-hybridized carbons (Fsp3) is 0.556. The van der Waals surface area contributed by atoms with Crippen LogP contribution in [0, 0.1) is 5.92 Å². The number of rotatable bonds is 8. The van der Waals surface area contributed by atoms with Gasteiger partial charge in [0.15, 0.2) is 5.96 Å². The van der Waals surface area contributed by atoms with Crippen molar-refractivity contribution >= 4 is 11.9 Å². The normalized spacial score (nSPS) is 12.5. The summed E-state index contributed by atoms with van der Waals surface area (Å²) in [7, 11) is 3.37. The first kappa shape index (κ1) is 19.8. The van der Waals surface area contributed by atoms with Crippen LogP contribution in [-0.4, -0.2) is 50.7 Å². The van der Waals surface area contributed by atoms with Crippen molar-refractivity contribution in [1.29, 1.82) is 0 Å². The number of carbonyl (C=O) groups excluding carboxylic acids is 1. The summed E-state index contributed by atoms with van der Waals surface area (Å²) in [5.74, 6) is 1.13. The molecule has 0 amide bonds. The van der Waals surface area contributed by atoms with Crippen LogP contribution >= 0.6 is 0 Å². The van der Waals surface area contributed by atoms with Gasteiger partial charge in [0.05, 0.1) is 26.2 Å². The van der Waals surface area contributed by atoms with E-state index in [-0.39, 0.29) is 11.9 Å². The molecule has 0 aliphatic heterocycles. The van der Waals surface area contributed by atoms with Crippen LogP contribution in [0.4, 0.5) is 0 Å². The zero-order valence-corrected chi connectivity index (χ0v) is 15.3. The molecule has 0 spiro atoms. The third-order valence-electron chi connectivity index (χ3n) is 3.47. The second-order valence-corrected chi connectivity index (χ2v) is 5.55. The molecule has 1 N–H and O–H groups in total. The van der Waals surface area contributed by atoms with E-state index in [9.17, 15) is 4.79 Å². The van der Waals surface area contributed by atoms with Gasteiger partial charge in [0.25, 0.3) is 0 Å². The molecule has 1 unspecified atom stereocenters. The standard InChI is InChI=1S/C18H29N3O3/c1-6-19-18(20-12-14(3)17(22)23-5)21(4)13-15-8-10-16(11-9-15)24-7-2/h8-11,14H,6-7,12-13H2,1-5H3,(H,19,20). The molecule has 1 atom stereocenters. The highest BCUT2D eigenvalue weighted by molar-refractivity contribution is 5.80. The number of aliphatic imine (C=N–C) groups is 1. The molecule has 0 bridgehead atoms. The minimum Gasteiger partial charge on any atom is -0.494 e. The summed E-state index contributed by atoms with van der Waals surface area (Å²) in [6.45, 7) is 8.33. The van der Waals surface area contributed by atoms with Crippen molar-refractivity contribution in [2.45, 2.75) is 27.3 Å². The Kier molecular flexibility index (Phi) is 8.68. The van der Waals surface area contributed by atoms with Gasteiger partial charge in [0, 0.05) is 20.1 Å². The third kappa shape index (κ3) is 6.48. The summed E-state index contributed by atoms with van der Waals surface area (Å²) in [4.78, 5) is 18.1. The van der Waals surface area contributed by atoms with Crippen LogP contribution in [0.15, 0.2) is 29.3 Å². The van der Waals surface area contributed by atoms with Gasteiger partial charge in [-0.2, -0.15) is 0 Å². The molecular weight excluding hydrogens is 306 g/mol. The Morgan fingerprint density at radius 2 is 1.96 bits per heavy atom. The van der Waals surface area contributed by atoms with Gasteiger partial charge in [0.1, 0.15) is 5.75 Å². The molecule has 0 aromatic heterocycles. The zero-order chi connectivity index (χ0) is 17.9. The van der Waals surface area contributed by atoms with Crippen molar-refractivity contribution in [3.8, 4) is 5.75 Å². The fourth-order valence-electron chi connectivity index (χ4n) is 2.18. The number of ether oxygens (including phenoxy) is 2. The third-order valence-corrected chi connectivity index (χ3v) is 3.47. The van der Waals surface area contributed by atoms with Crippen molar-refractivity contribution in [2.75, 3.05) is 33.9 Å². The first-order chi connectivity index (χ1) is 11.5. The molecule has 0 heterocycles. The summed E-state index contributed by atoms with van der Waals surface area (Å²) in [5, 5.41) is 3.25. The number of benzene rings is 1. The number of carbonyl (C=O) groups is 1. The largest absolute Gasteiger partial charge is 0.494 e. The van der Waals surface area contributed by atoms with E-state index in [0.29, 0.717) is 19.7 Å². The second kappa shape index (κ2) is 10.5. The van der Waals surface area contributed by atoms with Crippen LogP contribution in [-0.2, 0) is 16.1 Å². The minimum absolute atomic E-state index is 0.247. The van der Waals surface area contributed by atoms with Crippen molar-refractivity contribution in [3.05, 3.63) is 29.8 Å². The van der Waals surface area contributed by atoms with E-state index in [0.717, 1.165) is 23.8 Å². The molecule has 6 heteroatoms. The van der Waals surface area contributed by atoms with Crippen LogP contribution in [0.25, 0.3) is 0 Å². The van der Waals surface area contributed by atoms with Gasteiger partial charge >= 0.3 is 5.97 Å². The lowest BCUT2D eigenvalue weighted by Crippen LogP contribution is -2.39. The molecule has 0 aliphatic carbocycles. The molecule has 0 saturated carbocycles. The van der Waals surface area contributed by atoms with Gasteiger partial charge in [-0.3, -0.25) is 9.79 Å². The average molecular weight is 335 g/mol. The topological polar surface area (TPSA) is 63.2 Å². The molecule has 0 aliphatic rings. The molecule has 0 fully saturated rings. The monoisotopic (exact) mass is 335 g/mol. The lowest BCUT2D eigenvalue weighted by Gasteiger charge is -2.22. The fourth-order valence-corrected chi connectivity index (χ4v) is 2.18. The predicted octanol–water partition coefficient (Wildman–Crippen LogP) is 2.29. The van der Waals surface area contributed by atoms with E-state index in [4.69, 9.17) is 9.47 Å². The number of guanidine groups is 1. The summed E-state index contributed by atoms with van der Waals surface area (Å²) >= 11 is 0. The van der Waals surface area contributed by atoms with Crippen molar-refractivity contribution in [2.24, 2.45) is 10.9 Å². The SMILES string of the molecule is CCNC(=NCC(C)C(=O)OC)N(C)Cc1ccc(OCC)cc1. The lowest BCUT2D eigenvalue weighted by atomic mass is 10.2. The molecule has 0 radical (unpaired) electrons. The Balaban J connectivity index is 2.71. The van der Waals surface area contributed by atoms with Gasteiger partial charge in [-0.1, -0.05) is 19.1 Å². The highest BCUT2D eigenvalue weighted by atomic mass is 16.5. The maximum absolute atomic E-state index is 11.5. The molecule has 1 aromatic carbocycles. The maximum Gasteiger partial charge on any atom is 0.310 e. The summed E-state index contributed by atoms with van der Waals surface area (Å²) < 4.78 is 10.2. The minimum atomic E-state index is -0.262. The average Bonchev–Trinajstić information content (AvgIpc) is 2.59. The van der Waals surface area contributed by atoms with E-state index in [1.165, 1.54) is 7.11 Å². The Morgan fingerprint density at radius 1 is 1.29 bits per heavy atom. The van der Waals surface area contributed by atoms with Crippen LogP contribution in [0.1, 0.15) is 26.3 Å². The first-order valence-electron chi connectivity index (χ1n) is 8.30. The summed E-state index contributed by atoms with van der Waals surface area (Å²) in [5.41, 5.74) is 1.16. The quantitative estimate of drug-likeness (QED) is 0.449. The predicted molar refractivity (Wildman–Crippen MR) is 96.2 cm³/mol. The molecule has 1 rings (SSSR count). The Hall–Kier alpha value is -2.24. The van der Waals surface area contributed by atoms with E-state index in [1.807, 2.05) is 57.0 Å². The molecule has 0 saturated heterocycles. The molecule has 1 aromatic rings. The molecule has 24 heavy (non-hydrogen) atoms. The van der Waals surface area contributed by atoms with E-state index >= 15 is 0 Å². The van der Waals surface area contributed by atoms with Crippen molar-refractivity contribution in [1.82, 2.24) is 10.2 Å². The Labute approximate surface area is 144 Å². The van der Waals surface area contributed by atoms with Crippen LogP contribution in [0.3, 0.4) is 0 Å². The molecular formula is C18H29N3O3. The molecule has 134 valence electrons. The van der Waals surface area contributed by atoms with Crippen LogP contribution in [0.2, 0.25) is 0 Å². The zero-order valence-electron chi connectivity index (χ0n) is 15.3. The van der Waals surface area contributed by atoms with Crippen molar-refractivity contribution in [3.63, 3.8) is 0 Å².